The maximum atomic E-state index is 4.74. The molecule has 0 N–H and O–H groups in total. The molecule has 2 aliphatic rings. The molecule has 1 aromatic heterocycles. The summed E-state index contributed by atoms with van der Waals surface area (Å²) < 4.78 is 2.33. The Bertz CT molecular complexity index is 1720. The van der Waals surface area contributed by atoms with E-state index in [2.05, 4.69) is 100 Å². The molecule has 3 nitrogen and oxygen atoms in total. The van der Waals surface area contributed by atoms with Crippen molar-refractivity contribution in [2.75, 3.05) is 4.81 Å². The normalized spacial score (nSPS) is 13.7. The maximum Gasteiger partial charge on any atom is 0.422 e. The molecule has 0 amide bonds. The van der Waals surface area contributed by atoms with Crippen LogP contribution in [0.15, 0.2) is 97.3 Å². The molecule has 3 heterocycles. The summed E-state index contributed by atoms with van der Waals surface area (Å²) in [4.78, 5) is 7.25. The smallest absolute Gasteiger partial charge is 0.360 e. The van der Waals surface area contributed by atoms with Crippen LogP contribution in [0, 0.1) is 0 Å². The number of para-hydroxylation sites is 1. The number of aromatic nitrogens is 2. The Labute approximate surface area is 179 Å². The van der Waals surface area contributed by atoms with E-state index in [1.807, 2.05) is 6.20 Å². The number of nitrogens with zero attached hydrogens (tertiary/aromatic N) is 3. The zero-order chi connectivity index (χ0) is 20.1. The van der Waals surface area contributed by atoms with Gasteiger partial charge in [0.15, 0.2) is 0 Å². The van der Waals surface area contributed by atoms with E-state index in [9.17, 15) is 0 Å². The molecule has 0 saturated heterocycles. The lowest BCUT2D eigenvalue weighted by molar-refractivity contribution is 1.11. The first kappa shape index (κ1) is 15.7. The molecule has 0 aliphatic carbocycles. The number of rotatable bonds is 0. The largest absolute Gasteiger partial charge is 0.422 e. The third-order valence-electron chi connectivity index (χ3n) is 7.02. The Morgan fingerprint density at radius 2 is 1.29 bits per heavy atom. The van der Waals surface area contributed by atoms with E-state index in [0.29, 0.717) is 0 Å². The maximum absolute atomic E-state index is 4.74. The molecule has 0 fully saturated rings. The summed E-state index contributed by atoms with van der Waals surface area (Å²) in [6.07, 6.45) is 4.04. The Morgan fingerprint density at radius 1 is 0.613 bits per heavy atom. The molecule has 31 heavy (non-hydrogen) atoms. The molecule has 0 bridgehead atoms. The molecule has 0 atom stereocenters. The van der Waals surface area contributed by atoms with Gasteiger partial charge >= 0.3 is 6.98 Å². The molecule has 8 rings (SSSR count). The van der Waals surface area contributed by atoms with Crippen LogP contribution in [0.25, 0.3) is 43.7 Å². The second-order valence-electron chi connectivity index (χ2n) is 8.43. The number of fused-ring (bicyclic) bond motifs is 11. The van der Waals surface area contributed by atoms with E-state index in [1.165, 1.54) is 54.7 Å². The minimum Gasteiger partial charge on any atom is -0.360 e. The number of anilines is 2. The van der Waals surface area contributed by atoms with E-state index in [4.69, 9.17) is 4.98 Å². The minimum atomic E-state index is 0.0513. The highest BCUT2D eigenvalue weighted by atomic mass is 15.2. The van der Waals surface area contributed by atoms with Gasteiger partial charge in [-0.2, -0.15) is 0 Å². The van der Waals surface area contributed by atoms with Crippen molar-refractivity contribution in [2.45, 2.75) is 0 Å². The fourth-order valence-electron chi connectivity index (χ4n) is 5.87. The summed E-state index contributed by atoms with van der Waals surface area (Å²) in [5.41, 5.74) is 5.00. The van der Waals surface area contributed by atoms with Crippen LogP contribution in [0.2, 0.25) is 0 Å². The number of hydrogen-bond acceptors (Lipinski definition) is 2. The van der Waals surface area contributed by atoms with Crippen molar-refractivity contribution < 1.29 is 0 Å². The van der Waals surface area contributed by atoms with Crippen LogP contribution in [0.4, 0.5) is 11.4 Å². The second kappa shape index (κ2) is 5.35. The van der Waals surface area contributed by atoms with Crippen molar-refractivity contribution in [2.24, 2.45) is 0 Å². The van der Waals surface area contributed by atoms with Gasteiger partial charge in [-0.25, -0.2) is 4.98 Å². The van der Waals surface area contributed by atoms with Gasteiger partial charge in [0.1, 0.15) is 5.82 Å². The fourth-order valence-corrected chi connectivity index (χ4v) is 5.87. The molecule has 0 radical (unpaired) electrons. The fraction of sp³-hybridized carbons (Fsp3) is 0. The van der Waals surface area contributed by atoms with E-state index in [1.54, 1.807) is 0 Å². The average molecular weight is 393 g/mol. The highest BCUT2D eigenvalue weighted by molar-refractivity contribution is 6.82. The van der Waals surface area contributed by atoms with Crippen LogP contribution < -0.4 is 10.3 Å². The van der Waals surface area contributed by atoms with Crippen LogP contribution >= 0.6 is 0 Å². The number of imidazole rings is 1. The van der Waals surface area contributed by atoms with Crippen molar-refractivity contribution >= 4 is 56.1 Å². The summed E-state index contributed by atoms with van der Waals surface area (Å²) in [5.74, 6) is 1.03. The lowest BCUT2D eigenvalue weighted by Gasteiger charge is -2.41. The van der Waals surface area contributed by atoms with Crippen LogP contribution in [-0.4, -0.2) is 16.4 Å². The third-order valence-corrected chi connectivity index (χ3v) is 7.02. The first-order chi connectivity index (χ1) is 15.4. The SMILES string of the molecule is c1ccc2c(c1)-c1nccn1B1c3cccc4c5ccccc5c5cccc(c5c34)N12. The van der Waals surface area contributed by atoms with Crippen LogP contribution in [0.1, 0.15) is 0 Å². The van der Waals surface area contributed by atoms with Crippen molar-refractivity contribution in [3.05, 3.63) is 97.3 Å². The number of hydrogen-bond donors (Lipinski definition) is 0. The zero-order valence-electron chi connectivity index (χ0n) is 16.7. The van der Waals surface area contributed by atoms with E-state index < -0.39 is 0 Å². The molecule has 0 unspecified atom stereocenters. The average Bonchev–Trinajstić information content (AvgIpc) is 3.33. The quantitative estimate of drug-likeness (QED) is 0.243. The van der Waals surface area contributed by atoms with Gasteiger partial charge in [-0.1, -0.05) is 66.7 Å². The monoisotopic (exact) mass is 393 g/mol. The number of benzene rings is 5. The summed E-state index contributed by atoms with van der Waals surface area (Å²) in [6.45, 7) is 0.0513. The summed E-state index contributed by atoms with van der Waals surface area (Å²) >= 11 is 0. The molecule has 2 aliphatic heterocycles. The zero-order valence-corrected chi connectivity index (χ0v) is 16.7. The third kappa shape index (κ3) is 1.76. The highest BCUT2D eigenvalue weighted by Gasteiger charge is 2.42. The van der Waals surface area contributed by atoms with E-state index in [0.717, 1.165) is 5.82 Å². The standard InChI is InChI=1S/C27H16BN3/c1-2-8-18-17(7-1)19-10-5-12-22-25(19)26-20(18)11-6-14-24(26)31-23-13-4-3-9-21(23)27-29-15-16-30(27)28(22)31/h1-16H. The molecular formula is C27H16BN3. The molecular weight excluding hydrogens is 377 g/mol. The lowest BCUT2D eigenvalue weighted by atomic mass is 9.58. The van der Waals surface area contributed by atoms with E-state index >= 15 is 0 Å². The topological polar surface area (TPSA) is 21.1 Å². The first-order valence-corrected chi connectivity index (χ1v) is 10.7. The Morgan fingerprint density at radius 3 is 2.16 bits per heavy atom. The van der Waals surface area contributed by atoms with Crippen LogP contribution in [0.5, 0.6) is 0 Å². The van der Waals surface area contributed by atoms with E-state index in [-0.39, 0.29) is 6.98 Å². The molecule has 142 valence electrons. The summed E-state index contributed by atoms with van der Waals surface area (Å²) in [5, 5.41) is 8.00. The van der Waals surface area contributed by atoms with Crippen molar-refractivity contribution in [3.63, 3.8) is 0 Å². The van der Waals surface area contributed by atoms with Gasteiger partial charge in [0.25, 0.3) is 0 Å². The van der Waals surface area contributed by atoms with Crippen molar-refractivity contribution in [1.82, 2.24) is 9.46 Å². The Kier molecular flexibility index (Phi) is 2.72. The van der Waals surface area contributed by atoms with Crippen molar-refractivity contribution in [3.8, 4) is 11.4 Å². The van der Waals surface area contributed by atoms with Gasteiger partial charge in [-0.15, -0.1) is 0 Å². The van der Waals surface area contributed by atoms with Crippen LogP contribution in [0.3, 0.4) is 0 Å². The van der Waals surface area contributed by atoms with Gasteiger partial charge in [-0.3, -0.25) is 0 Å². The predicted molar refractivity (Wildman–Crippen MR) is 130 cm³/mol. The molecule has 5 aromatic carbocycles. The summed E-state index contributed by atoms with van der Waals surface area (Å²) in [6, 6.07) is 31.0. The highest BCUT2D eigenvalue weighted by Crippen LogP contribution is 2.48. The van der Waals surface area contributed by atoms with Gasteiger partial charge < -0.3 is 9.29 Å². The molecule has 4 heteroatoms. The van der Waals surface area contributed by atoms with Gasteiger partial charge in [0.2, 0.25) is 0 Å². The molecule has 0 spiro atoms. The summed E-state index contributed by atoms with van der Waals surface area (Å²) in [7, 11) is 0. The molecule has 6 aromatic rings. The van der Waals surface area contributed by atoms with Crippen molar-refractivity contribution in [1.29, 1.82) is 0 Å². The first-order valence-electron chi connectivity index (χ1n) is 10.7. The Hall–Kier alpha value is -4.05. The molecule has 0 saturated carbocycles. The lowest BCUT2D eigenvalue weighted by Crippen LogP contribution is -2.55. The second-order valence-corrected chi connectivity index (χ2v) is 8.43. The van der Waals surface area contributed by atoms with Gasteiger partial charge in [-0.05, 0) is 50.6 Å². The Balaban J connectivity index is 1.66. The predicted octanol–water partition coefficient (Wildman–Crippen LogP) is 5.72. The van der Waals surface area contributed by atoms with Gasteiger partial charge in [0.05, 0.1) is 0 Å². The van der Waals surface area contributed by atoms with Gasteiger partial charge in [0, 0.05) is 34.7 Å². The van der Waals surface area contributed by atoms with Crippen LogP contribution in [-0.2, 0) is 0 Å². The minimum absolute atomic E-state index is 0.0513.